The van der Waals surface area contributed by atoms with Crippen molar-refractivity contribution in [3.63, 3.8) is 0 Å². The highest BCUT2D eigenvalue weighted by Gasteiger charge is 2.21. The summed E-state index contributed by atoms with van der Waals surface area (Å²) < 4.78 is 5.27. The van der Waals surface area contributed by atoms with E-state index in [0.29, 0.717) is 19.8 Å². The van der Waals surface area contributed by atoms with E-state index in [9.17, 15) is 24.8 Å². The van der Waals surface area contributed by atoms with Crippen LogP contribution in [0.5, 0.6) is 0 Å². The maximum atomic E-state index is 12.1. The zero-order valence-corrected chi connectivity index (χ0v) is 14.9. The fourth-order valence-electron chi connectivity index (χ4n) is 2.75. The van der Waals surface area contributed by atoms with Crippen LogP contribution in [0.3, 0.4) is 0 Å². The molecule has 1 fully saturated rings. The van der Waals surface area contributed by atoms with Crippen molar-refractivity contribution in [1.82, 2.24) is 10.2 Å². The van der Waals surface area contributed by atoms with Crippen LogP contribution in [-0.2, 0) is 14.3 Å². The number of nitrogens with zero attached hydrogens (tertiary/aromatic N) is 2. The molecule has 1 heterocycles. The third-order valence-electron chi connectivity index (χ3n) is 4.17. The summed E-state index contributed by atoms with van der Waals surface area (Å²) in [5.74, 6) is -1.64. The van der Waals surface area contributed by atoms with Gasteiger partial charge in [0.15, 0.2) is 0 Å². The summed E-state index contributed by atoms with van der Waals surface area (Å²) in [5.41, 5.74) is 0.106. The van der Waals surface area contributed by atoms with Crippen molar-refractivity contribution >= 4 is 23.3 Å². The smallest absolute Gasteiger partial charge is 0.321 e. The number of anilines is 1. The minimum atomic E-state index is -1.12. The highest BCUT2D eigenvalue weighted by molar-refractivity contribution is 5.94. The predicted octanol–water partition coefficient (Wildman–Crippen LogP) is 0.689. The maximum Gasteiger partial charge on any atom is 0.321 e. The van der Waals surface area contributed by atoms with Crippen molar-refractivity contribution in [3.8, 4) is 0 Å². The standard InChI is InChI=1S/C17H24N4O6/c22-16(19-13-3-1-4-14(11-13)21(25)26)12-15(17(23)24)18-5-2-6-20-7-9-27-10-8-20/h1,3-4,11,15,18H,2,5-10,12H2,(H,19,22)(H,23,24)/t15-/m0/s1. The van der Waals surface area contributed by atoms with Gasteiger partial charge in [0, 0.05) is 30.9 Å². The number of carbonyl (C=O) groups is 2. The fourth-order valence-corrected chi connectivity index (χ4v) is 2.75. The Labute approximate surface area is 156 Å². The largest absolute Gasteiger partial charge is 0.480 e. The lowest BCUT2D eigenvalue weighted by atomic mass is 10.2. The van der Waals surface area contributed by atoms with Gasteiger partial charge in [0.25, 0.3) is 5.69 Å². The molecule has 10 heteroatoms. The molecule has 0 aromatic heterocycles. The van der Waals surface area contributed by atoms with Crippen LogP contribution in [0.4, 0.5) is 11.4 Å². The molecule has 1 amide bonds. The number of nitro groups is 1. The van der Waals surface area contributed by atoms with Gasteiger partial charge >= 0.3 is 5.97 Å². The Balaban J connectivity index is 1.77. The molecule has 0 unspecified atom stereocenters. The number of nitrogens with one attached hydrogen (secondary N) is 2. The van der Waals surface area contributed by atoms with Gasteiger partial charge in [-0.25, -0.2) is 0 Å². The van der Waals surface area contributed by atoms with Crippen molar-refractivity contribution in [1.29, 1.82) is 0 Å². The SMILES string of the molecule is O=C(C[C@H](NCCCN1CCOCC1)C(=O)O)Nc1cccc([N+](=O)[O-])c1. The number of morpholine rings is 1. The van der Waals surface area contributed by atoms with E-state index in [-0.39, 0.29) is 17.8 Å². The van der Waals surface area contributed by atoms with Gasteiger partial charge in [-0.1, -0.05) is 6.07 Å². The van der Waals surface area contributed by atoms with E-state index < -0.39 is 22.8 Å². The van der Waals surface area contributed by atoms with Gasteiger partial charge in [0.05, 0.1) is 24.6 Å². The van der Waals surface area contributed by atoms with Crippen molar-refractivity contribution in [2.45, 2.75) is 18.9 Å². The minimum Gasteiger partial charge on any atom is -0.480 e. The lowest BCUT2D eigenvalue weighted by molar-refractivity contribution is -0.384. The van der Waals surface area contributed by atoms with Gasteiger partial charge in [0.1, 0.15) is 6.04 Å². The van der Waals surface area contributed by atoms with Crippen LogP contribution in [0.15, 0.2) is 24.3 Å². The second-order valence-corrected chi connectivity index (χ2v) is 6.21. The number of carbonyl (C=O) groups excluding carboxylic acids is 1. The summed E-state index contributed by atoms with van der Waals surface area (Å²) >= 11 is 0. The Morgan fingerprint density at radius 2 is 2.07 bits per heavy atom. The van der Waals surface area contributed by atoms with Crippen LogP contribution in [0.2, 0.25) is 0 Å². The summed E-state index contributed by atoms with van der Waals surface area (Å²) in [6.45, 7) is 4.47. The Hall–Kier alpha value is -2.56. The third-order valence-corrected chi connectivity index (χ3v) is 4.17. The number of rotatable bonds is 10. The van der Waals surface area contributed by atoms with Gasteiger partial charge in [-0.05, 0) is 25.6 Å². The molecular formula is C17H24N4O6. The van der Waals surface area contributed by atoms with Crippen LogP contribution >= 0.6 is 0 Å². The number of aliphatic carboxylic acids is 1. The average Bonchev–Trinajstić information content (AvgIpc) is 2.65. The third kappa shape index (κ3) is 7.29. The molecule has 1 atom stereocenters. The first-order chi connectivity index (χ1) is 13.0. The number of hydrogen-bond donors (Lipinski definition) is 3. The van der Waals surface area contributed by atoms with Gasteiger partial charge in [-0.15, -0.1) is 0 Å². The first-order valence-corrected chi connectivity index (χ1v) is 8.76. The summed E-state index contributed by atoms with van der Waals surface area (Å²) in [6, 6.07) is 4.48. The number of hydrogen-bond acceptors (Lipinski definition) is 7. The van der Waals surface area contributed by atoms with E-state index in [1.165, 1.54) is 24.3 Å². The molecule has 1 saturated heterocycles. The zero-order chi connectivity index (χ0) is 19.6. The van der Waals surface area contributed by atoms with Gasteiger partial charge < -0.3 is 20.5 Å². The van der Waals surface area contributed by atoms with Crippen LogP contribution < -0.4 is 10.6 Å². The monoisotopic (exact) mass is 380 g/mol. The average molecular weight is 380 g/mol. The van der Waals surface area contributed by atoms with Crippen LogP contribution in [0.25, 0.3) is 0 Å². The first-order valence-electron chi connectivity index (χ1n) is 8.76. The maximum absolute atomic E-state index is 12.1. The van der Waals surface area contributed by atoms with E-state index in [2.05, 4.69) is 15.5 Å². The number of benzene rings is 1. The minimum absolute atomic E-state index is 0.149. The highest BCUT2D eigenvalue weighted by atomic mass is 16.6. The second kappa shape index (κ2) is 10.6. The Morgan fingerprint density at radius 1 is 1.33 bits per heavy atom. The first kappa shape index (κ1) is 20.7. The predicted molar refractivity (Wildman–Crippen MR) is 97.6 cm³/mol. The second-order valence-electron chi connectivity index (χ2n) is 6.21. The topological polar surface area (TPSA) is 134 Å². The summed E-state index contributed by atoms with van der Waals surface area (Å²) in [5, 5.41) is 25.4. The Bertz CT molecular complexity index is 663. The molecule has 10 nitrogen and oxygen atoms in total. The number of amides is 1. The van der Waals surface area contributed by atoms with E-state index >= 15 is 0 Å². The van der Waals surface area contributed by atoms with Crippen molar-refractivity contribution in [2.24, 2.45) is 0 Å². The lowest BCUT2D eigenvalue weighted by Crippen LogP contribution is -2.42. The van der Waals surface area contributed by atoms with Gasteiger partial charge in [0.2, 0.25) is 5.91 Å². The molecule has 1 aliphatic heterocycles. The number of non-ortho nitro benzene ring substituents is 1. The molecule has 1 aromatic rings. The Morgan fingerprint density at radius 3 is 2.74 bits per heavy atom. The van der Waals surface area contributed by atoms with E-state index in [0.717, 1.165) is 26.1 Å². The summed E-state index contributed by atoms with van der Waals surface area (Å²) in [4.78, 5) is 35.9. The van der Waals surface area contributed by atoms with Crippen molar-refractivity contribution in [3.05, 3.63) is 34.4 Å². The molecule has 0 spiro atoms. The highest BCUT2D eigenvalue weighted by Crippen LogP contribution is 2.17. The van der Waals surface area contributed by atoms with Crippen molar-refractivity contribution < 1.29 is 24.4 Å². The Kier molecular flexibility index (Phi) is 8.11. The zero-order valence-electron chi connectivity index (χ0n) is 14.9. The number of nitro benzene ring substituents is 1. The van der Waals surface area contributed by atoms with E-state index in [4.69, 9.17) is 4.74 Å². The molecule has 1 aliphatic rings. The number of ether oxygens (including phenoxy) is 1. The molecule has 0 saturated carbocycles. The number of carboxylic acid groups (broad SMARTS) is 1. The molecule has 0 radical (unpaired) electrons. The lowest BCUT2D eigenvalue weighted by Gasteiger charge is -2.26. The van der Waals surface area contributed by atoms with Crippen LogP contribution in [0, 0.1) is 10.1 Å². The van der Waals surface area contributed by atoms with Gasteiger partial charge in [-0.2, -0.15) is 0 Å². The molecule has 27 heavy (non-hydrogen) atoms. The molecule has 0 bridgehead atoms. The molecule has 148 valence electrons. The van der Waals surface area contributed by atoms with Crippen molar-refractivity contribution in [2.75, 3.05) is 44.7 Å². The molecule has 3 N–H and O–H groups in total. The van der Waals surface area contributed by atoms with Crippen LogP contribution in [-0.4, -0.2) is 72.2 Å². The van der Waals surface area contributed by atoms with Gasteiger partial charge in [-0.3, -0.25) is 24.6 Å². The molecule has 2 rings (SSSR count). The van der Waals surface area contributed by atoms with Crippen LogP contribution in [0.1, 0.15) is 12.8 Å². The molecular weight excluding hydrogens is 356 g/mol. The molecule has 1 aromatic carbocycles. The van der Waals surface area contributed by atoms with E-state index in [1.807, 2.05) is 0 Å². The normalized spacial score (nSPS) is 15.9. The molecule has 0 aliphatic carbocycles. The fraction of sp³-hybridized carbons (Fsp3) is 0.529. The number of carboxylic acids is 1. The summed E-state index contributed by atoms with van der Waals surface area (Å²) in [7, 11) is 0. The van der Waals surface area contributed by atoms with E-state index in [1.54, 1.807) is 0 Å². The quantitative estimate of drug-likeness (QED) is 0.307. The summed E-state index contributed by atoms with van der Waals surface area (Å²) in [6.07, 6.45) is 0.492.